The highest BCUT2D eigenvalue weighted by atomic mass is 16.5. The van der Waals surface area contributed by atoms with Gasteiger partial charge in [-0.25, -0.2) is 14.3 Å². The summed E-state index contributed by atoms with van der Waals surface area (Å²) in [6.07, 6.45) is 5.64. The number of phenols is 1. The van der Waals surface area contributed by atoms with Crippen LogP contribution in [0.2, 0.25) is 0 Å². The van der Waals surface area contributed by atoms with E-state index in [4.69, 9.17) is 4.74 Å². The third-order valence-electron chi connectivity index (χ3n) is 10.2. The zero-order chi connectivity index (χ0) is 32.2. The van der Waals surface area contributed by atoms with Crippen LogP contribution in [0.4, 0.5) is 4.79 Å². The number of phenolic OH excluding ortho intramolecular Hbond substituents is 1. The second-order valence-corrected chi connectivity index (χ2v) is 13.2. The number of aromatic amines is 1. The molecule has 0 saturated carbocycles. The topological polar surface area (TPSA) is 133 Å². The summed E-state index contributed by atoms with van der Waals surface area (Å²) in [7, 11) is 0. The number of nitrogens with one attached hydrogen (secondary N) is 2. The van der Waals surface area contributed by atoms with Gasteiger partial charge >= 0.3 is 11.7 Å². The first kappa shape index (κ1) is 31.8. The second-order valence-electron chi connectivity index (χ2n) is 13.2. The summed E-state index contributed by atoms with van der Waals surface area (Å²) in [5.41, 5.74) is 2.98. The molecule has 1 atom stereocenters. The lowest BCUT2D eigenvalue weighted by molar-refractivity contribution is -0.135. The van der Waals surface area contributed by atoms with Gasteiger partial charge in [0.05, 0.1) is 6.04 Å². The molecule has 0 spiro atoms. The summed E-state index contributed by atoms with van der Waals surface area (Å²) < 4.78 is 7.06. The van der Waals surface area contributed by atoms with Crippen LogP contribution in [-0.2, 0) is 16.0 Å². The number of benzene rings is 2. The molecule has 246 valence electrons. The van der Waals surface area contributed by atoms with Gasteiger partial charge in [-0.1, -0.05) is 42.5 Å². The summed E-state index contributed by atoms with van der Waals surface area (Å²) in [5.74, 6) is 1.99. The number of hydrogen-bond donors (Lipinski definition) is 3. The van der Waals surface area contributed by atoms with Crippen molar-refractivity contribution in [3.05, 3.63) is 69.6 Å². The van der Waals surface area contributed by atoms with Crippen LogP contribution >= 0.6 is 0 Å². The molecular weight excluding hydrogens is 584 g/mol. The average molecular weight is 631 g/mol. The van der Waals surface area contributed by atoms with Crippen molar-refractivity contribution in [2.75, 3.05) is 39.4 Å². The molecule has 11 nitrogen and oxygen atoms in total. The van der Waals surface area contributed by atoms with Crippen molar-refractivity contribution >= 4 is 11.9 Å². The highest BCUT2D eigenvalue weighted by Gasteiger charge is 2.34. The fourth-order valence-corrected chi connectivity index (χ4v) is 7.46. The molecule has 3 fully saturated rings. The SMILES string of the molecule is Cc1cc(C[C@@H](NC(=O)N2CCC(n3nc(-c4ccccc4)[nH]c3=O)CC2)C(=O)N2CCC(C3CCOCC3)CC2)cc(C)c1O. The molecule has 46 heavy (non-hydrogen) atoms. The fourth-order valence-electron chi connectivity index (χ4n) is 7.46. The Bertz CT molecular complexity index is 1540. The number of aromatic hydroxyl groups is 1. The Kier molecular flexibility index (Phi) is 9.77. The number of H-pyrrole nitrogens is 1. The largest absolute Gasteiger partial charge is 0.507 e. The quantitative estimate of drug-likeness (QED) is 0.359. The van der Waals surface area contributed by atoms with E-state index < -0.39 is 6.04 Å². The molecule has 11 heteroatoms. The molecule has 0 radical (unpaired) electrons. The lowest BCUT2D eigenvalue weighted by atomic mass is 9.80. The number of nitrogens with zero attached hydrogens (tertiary/aromatic N) is 4. The molecule has 0 aliphatic carbocycles. The Morgan fingerprint density at radius 2 is 1.54 bits per heavy atom. The van der Waals surface area contributed by atoms with Crippen LogP contribution in [0.15, 0.2) is 47.3 Å². The van der Waals surface area contributed by atoms with Crippen molar-refractivity contribution in [2.24, 2.45) is 11.8 Å². The van der Waals surface area contributed by atoms with E-state index in [0.717, 1.165) is 61.2 Å². The number of hydrogen-bond acceptors (Lipinski definition) is 6. The minimum absolute atomic E-state index is 0.0615. The molecule has 3 aromatic rings. The first-order valence-electron chi connectivity index (χ1n) is 16.7. The van der Waals surface area contributed by atoms with Gasteiger partial charge in [-0.05, 0) is 80.9 Å². The monoisotopic (exact) mass is 630 g/mol. The molecule has 2 aromatic carbocycles. The zero-order valence-electron chi connectivity index (χ0n) is 26.9. The van der Waals surface area contributed by atoms with Gasteiger partial charge in [0, 0.05) is 51.4 Å². The van der Waals surface area contributed by atoms with Gasteiger partial charge in [0.1, 0.15) is 11.8 Å². The Labute approximate surface area is 269 Å². The number of aryl methyl sites for hydroxylation is 2. The number of ether oxygens (including phenoxy) is 1. The van der Waals surface area contributed by atoms with Crippen LogP contribution in [0.5, 0.6) is 5.75 Å². The molecule has 3 amide bonds. The number of urea groups is 1. The highest BCUT2D eigenvalue weighted by Crippen LogP contribution is 2.32. The number of amides is 3. The number of piperidine rings is 2. The number of aromatic nitrogens is 3. The van der Waals surface area contributed by atoms with E-state index in [1.807, 2.05) is 61.2 Å². The lowest BCUT2D eigenvalue weighted by Gasteiger charge is -2.39. The molecule has 0 unspecified atom stereocenters. The third-order valence-corrected chi connectivity index (χ3v) is 10.2. The predicted octanol–water partition coefficient (Wildman–Crippen LogP) is 4.18. The zero-order valence-corrected chi connectivity index (χ0v) is 26.9. The molecule has 4 heterocycles. The van der Waals surface area contributed by atoms with Crippen LogP contribution in [0, 0.1) is 25.7 Å². The maximum Gasteiger partial charge on any atom is 0.343 e. The summed E-state index contributed by atoms with van der Waals surface area (Å²) in [5, 5.41) is 18.0. The number of likely N-dealkylation sites (tertiary alicyclic amines) is 2. The highest BCUT2D eigenvalue weighted by molar-refractivity contribution is 5.87. The second kappa shape index (κ2) is 14.1. The first-order valence-corrected chi connectivity index (χ1v) is 16.7. The Hall–Kier alpha value is -4.12. The van der Waals surface area contributed by atoms with E-state index in [1.165, 1.54) is 4.68 Å². The van der Waals surface area contributed by atoms with Gasteiger partial charge in [-0.15, -0.1) is 5.10 Å². The lowest BCUT2D eigenvalue weighted by Crippen LogP contribution is -2.55. The summed E-state index contributed by atoms with van der Waals surface area (Å²) in [6, 6.07) is 12.2. The molecule has 3 aliphatic heterocycles. The molecule has 0 bridgehead atoms. The van der Waals surface area contributed by atoms with Gasteiger partial charge in [0.15, 0.2) is 5.82 Å². The van der Waals surface area contributed by atoms with Gasteiger partial charge in [0.25, 0.3) is 0 Å². The van der Waals surface area contributed by atoms with Crippen LogP contribution in [0.25, 0.3) is 11.4 Å². The van der Waals surface area contributed by atoms with Crippen LogP contribution in [-0.4, -0.2) is 87.0 Å². The molecule has 3 saturated heterocycles. The van der Waals surface area contributed by atoms with Gasteiger partial charge < -0.3 is 25.0 Å². The Morgan fingerprint density at radius 3 is 2.20 bits per heavy atom. The Balaban J connectivity index is 1.11. The van der Waals surface area contributed by atoms with E-state index in [9.17, 15) is 19.5 Å². The summed E-state index contributed by atoms with van der Waals surface area (Å²) >= 11 is 0. The van der Waals surface area contributed by atoms with Gasteiger partial charge in [0.2, 0.25) is 5.91 Å². The van der Waals surface area contributed by atoms with Crippen LogP contribution in [0.1, 0.15) is 61.3 Å². The van der Waals surface area contributed by atoms with Crippen molar-refractivity contribution < 1.29 is 19.4 Å². The van der Waals surface area contributed by atoms with Crippen molar-refractivity contribution in [3.8, 4) is 17.1 Å². The van der Waals surface area contributed by atoms with Crippen LogP contribution < -0.4 is 11.0 Å². The minimum atomic E-state index is -0.726. The van der Waals surface area contributed by atoms with E-state index >= 15 is 0 Å². The van der Waals surface area contributed by atoms with Crippen molar-refractivity contribution in [1.82, 2.24) is 29.9 Å². The minimum Gasteiger partial charge on any atom is -0.507 e. The van der Waals surface area contributed by atoms with Crippen molar-refractivity contribution in [2.45, 2.75) is 70.9 Å². The predicted molar refractivity (Wildman–Crippen MR) is 175 cm³/mol. The molecule has 3 N–H and O–H groups in total. The number of carbonyl (C=O) groups is 2. The third kappa shape index (κ3) is 7.14. The molecule has 6 rings (SSSR count). The van der Waals surface area contributed by atoms with Gasteiger partial charge in [-0.2, -0.15) is 0 Å². The smallest absolute Gasteiger partial charge is 0.343 e. The molecule has 1 aromatic heterocycles. The number of rotatable bonds is 7. The van der Waals surface area contributed by atoms with Gasteiger partial charge in [-0.3, -0.25) is 9.78 Å². The number of carbonyl (C=O) groups excluding carboxylic acids is 2. The first-order chi connectivity index (χ1) is 22.3. The van der Waals surface area contributed by atoms with E-state index in [2.05, 4.69) is 15.4 Å². The van der Waals surface area contributed by atoms with Crippen molar-refractivity contribution in [1.29, 1.82) is 0 Å². The average Bonchev–Trinajstić information content (AvgIpc) is 3.48. The maximum atomic E-state index is 14.0. The van der Waals surface area contributed by atoms with Crippen LogP contribution in [0.3, 0.4) is 0 Å². The Morgan fingerprint density at radius 1 is 0.935 bits per heavy atom. The maximum absolute atomic E-state index is 14.0. The fraction of sp³-hybridized carbons (Fsp3) is 0.543. The normalized spacial score (nSPS) is 19.3. The molecular formula is C35H46N6O5. The summed E-state index contributed by atoms with van der Waals surface area (Å²) in [6.45, 7) is 7.63. The van der Waals surface area contributed by atoms with E-state index in [-0.39, 0.29) is 29.4 Å². The molecule has 3 aliphatic rings. The van der Waals surface area contributed by atoms with E-state index in [0.29, 0.717) is 63.1 Å². The van der Waals surface area contributed by atoms with Crippen molar-refractivity contribution in [3.63, 3.8) is 0 Å². The standard InChI is InChI=1S/C35H46N6O5/c1-23-20-25(21-24(2)31(23)42)22-30(33(43)39-14-8-26(9-15-39)27-12-18-46-19-13-27)36-34(44)40-16-10-29(11-17-40)41-35(45)37-32(38-41)28-6-4-3-5-7-28/h3-7,20-21,26-27,29-30,42H,8-19,22H2,1-2H3,(H,36,44)(H,37,38,45)/t30-/m1/s1. The summed E-state index contributed by atoms with van der Waals surface area (Å²) in [4.78, 5) is 46.9. The van der Waals surface area contributed by atoms with E-state index in [1.54, 1.807) is 4.90 Å².